The SMILES string of the molecule is OCCCN(c1ncc(F)cn1)C1CCC1. The van der Waals surface area contributed by atoms with E-state index in [2.05, 4.69) is 14.9 Å². The van der Waals surface area contributed by atoms with Gasteiger partial charge in [-0.15, -0.1) is 0 Å². The van der Waals surface area contributed by atoms with Crippen LogP contribution >= 0.6 is 0 Å². The Bertz CT molecular complexity index is 327. The molecule has 0 saturated heterocycles. The summed E-state index contributed by atoms with van der Waals surface area (Å²) in [7, 11) is 0. The number of anilines is 1. The zero-order valence-electron chi connectivity index (χ0n) is 9.14. The minimum absolute atomic E-state index is 0.157. The summed E-state index contributed by atoms with van der Waals surface area (Å²) in [4.78, 5) is 10.1. The first-order chi connectivity index (χ1) is 7.81. The van der Waals surface area contributed by atoms with Gasteiger partial charge in [0.1, 0.15) is 0 Å². The molecule has 1 aliphatic carbocycles. The third-order valence-corrected chi connectivity index (χ3v) is 2.94. The van der Waals surface area contributed by atoms with Crippen molar-refractivity contribution in [3.05, 3.63) is 18.2 Å². The van der Waals surface area contributed by atoms with Gasteiger partial charge in [0.15, 0.2) is 5.82 Å². The molecule has 1 fully saturated rings. The molecule has 0 amide bonds. The van der Waals surface area contributed by atoms with Crippen molar-refractivity contribution in [1.82, 2.24) is 9.97 Å². The van der Waals surface area contributed by atoms with Crippen molar-refractivity contribution in [3.63, 3.8) is 0 Å². The van der Waals surface area contributed by atoms with E-state index in [1.54, 1.807) is 0 Å². The Morgan fingerprint density at radius 1 is 1.38 bits per heavy atom. The number of aliphatic hydroxyl groups is 1. The van der Waals surface area contributed by atoms with E-state index in [9.17, 15) is 4.39 Å². The Morgan fingerprint density at radius 3 is 2.56 bits per heavy atom. The van der Waals surface area contributed by atoms with Gasteiger partial charge in [-0.25, -0.2) is 14.4 Å². The maximum Gasteiger partial charge on any atom is 0.225 e. The molecular weight excluding hydrogens is 209 g/mol. The summed E-state index contributed by atoms with van der Waals surface area (Å²) >= 11 is 0. The molecule has 0 aromatic carbocycles. The van der Waals surface area contributed by atoms with E-state index in [1.165, 1.54) is 18.8 Å². The minimum atomic E-state index is -0.417. The van der Waals surface area contributed by atoms with E-state index in [1.807, 2.05) is 0 Å². The molecule has 1 saturated carbocycles. The molecule has 4 nitrogen and oxygen atoms in total. The Kier molecular flexibility index (Phi) is 3.66. The lowest BCUT2D eigenvalue weighted by atomic mass is 9.91. The van der Waals surface area contributed by atoms with Crippen molar-refractivity contribution in [3.8, 4) is 0 Å². The van der Waals surface area contributed by atoms with Gasteiger partial charge in [0, 0.05) is 19.2 Å². The molecule has 1 aliphatic rings. The van der Waals surface area contributed by atoms with Crippen LogP contribution in [0.4, 0.5) is 10.3 Å². The zero-order valence-corrected chi connectivity index (χ0v) is 9.14. The van der Waals surface area contributed by atoms with Crippen LogP contribution in [0.15, 0.2) is 12.4 Å². The van der Waals surface area contributed by atoms with Crippen molar-refractivity contribution in [2.45, 2.75) is 31.7 Å². The first-order valence-electron chi connectivity index (χ1n) is 5.66. The van der Waals surface area contributed by atoms with Gasteiger partial charge in [-0.2, -0.15) is 0 Å². The fourth-order valence-corrected chi connectivity index (χ4v) is 1.84. The van der Waals surface area contributed by atoms with Crippen molar-refractivity contribution in [1.29, 1.82) is 0 Å². The Hall–Kier alpha value is -1.23. The van der Waals surface area contributed by atoms with Gasteiger partial charge in [-0.05, 0) is 25.7 Å². The highest BCUT2D eigenvalue weighted by atomic mass is 19.1. The summed E-state index contributed by atoms with van der Waals surface area (Å²) in [5.41, 5.74) is 0. The fraction of sp³-hybridized carbons (Fsp3) is 0.636. The molecule has 0 bridgehead atoms. The van der Waals surface area contributed by atoms with Crippen molar-refractivity contribution >= 4 is 5.95 Å². The van der Waals surface area contributed by atoms with E-state index < -0.39 is 5.82 Å². The van der Waals surface area contributed by atoms with Crippen LogP contribution in [0.2, 0.25) is 0 Å². The topological polar surface area (TPSA) is 49.2 Å². The van der Waals surface area contributed by atoms with E-state index in [0.29, 0.717) is 18.4 Å². The fourth-order valence-electron chi connectivity index (χ4n) is 1.84. The number of aliphatic hydroxyl groups excluding tert-OH is 1. The number of hydrogen-bond donors (Lipinski definition) is 1. The molecule has 88 valence electrons. The molecule has 5 heteroatoms. The summed E-state index contributed by atoms with van der Waals surface area (Å²) in [6.07, 6.45) is 6.55. The van der Waals surface area contributed by atoms with Gasteiger partial charge < -0.3 is 10.0 Å². The van der Waals surface area contributed by atoms with Gasteiger partial charge in [0.2, 0.25) is 5.95 Å². The van der Waals surface area contributed by atoms with Crippen LogP contribution in [-0.4, -0.2) is 34.3 Å². The average molecular weight is 225 g/mol. The van der Waals surface area contributed by atoms with Crippen LogP contribution in [0.5, 0.6) is 0 Å². The smallest absolute Gasteiger partial charge is 0.225 e. The molecule has 0 aliphatic heterocycles. The van der Waals surface area contributed by atoms with Crippen molar-refractivity contribution < 1.29 is 9.50 Å². The molecule has 0 atom stereocenters. The number of halogens is 1. The normalized spacial score (nSPS) is 15.9. The third kappa shape index (κ3) is 2.47. The number of rotatable bonds is 5. The Balaban J connectivity index is 2.07. The maximum atomic E-state index is 12.7. The average Bonchev–Trinajstić information content (AvgIpc) is 2.23. The Morgan fingerprint density at radius 2 is 2.06 bits per heavy atom. The van der Waals surface area contributed by atoms with Crippen LogP contribution in [0.3, 0.4) is 0 Å². The molecule has 0 spiro atoms. The van der Waals surface area contributed by atoms with Crippen LogP contribution in [0.1, 0.15) is 25.7 Å². The highest BCUT2D eigenvalue weighted by Gasteiger charge is 2.26. The molecular formula is C11H16FN3O. The van der Waals surface area contributed by atoms with E-state index in [4.69, 9.17) is 5.11 Å². The van der Waals surface area contributed by atoms with Crippen molar-refractivity contribution in [2.24, 2.45) is 0 Å². The zero-order chi connectivity index (χ0) is 11.4. The first-order valence-corrected chi connectivity index (χ1v) is 5.66. The van der Waals surface area contributed by atoms with Gasteiger partial charge in [0.25, 0.3) is 0 Å². The maximum absolute atomic E-state index is 12.7. The lowest BCUT2D eigenvalue weighted by molar-refractivity contribution is 0.282. The largest absolute Gasteiger partial charge is 0.396 e. The highest BCUT2D eigenvalue weighted by Crippen LogP contribution is 2.27. The van der Waals surface area contributed by atoms with Gasteiger partial charge in [0.05, 0.1) is 12.4 Å². The predicted molar refractivity (Wildman–Crippen MR) is 58.7 cm³/mol. The molecule has 1 heterocycles. The summed E-state index contributed by atoms with van der Waals surface area (Å²) in [5.74, 6) is 0.152. The standard InChI is InChI=1S/C11H16FN3O/c12-9-7-13-11(14-8-9)15(5-2-6-16)10-3-1-4-10/h7-8,10,16H,1-6H2. The highest BCUT2D eigenvalue weighted by molar-refractivity contribution is 5.31. The van der Waals surface area contributed by atoms with Gasteiger partial charge >= 0.3 is 0 Å². The van der Waals surface area contributed by atoms with Gasteiger partial charge in [-0.3, -0.25) is 0 Å². The summed E-state index contributed by atoms with van der Waals surface area (Å²) < 4.78 is 12.7. The van der Waals surface area contributed by atoms with Crippen LogP contribution in [0.25, 0.3) is 0 Å². The van der Waals surface area contributed by atoms with Crippen LogP contribution in [0, 0.1) is 5.82 Å². The monoisotopic (exact) mass is 225 g/mol. The quantitative estimate of drug-likeness (QED) is 0.822. The molecule has 0 unspecified atom stereocenters. The molecule has 1 N–H and O–H groups in total. The second kappa shape index (κ2) is 5.21. The molecule has 1 aromatic heterocycles. The summed E-state index contributed by atoms with van der Waals surface area (Å²) in [5, 5.41) is 8.85. The second-order valence-corrected chi connectivity index (χ2v) is 4.06. The first kappa shape index (κ1) is 11.3. The second-order valence-electron chi connectivity index (χ2n) is 4.06. The van der Waals surface area contributed by atoms with Crippen LogP contribution in [-0.2, 0) is 0 Å². The summed E-state index contributed by atoms with van der Waals surface area (Å²) in [6, 6.07) is 0.456. The minimum Gasteiger partial charge on any atom is -0.396 e. The van der Waals surface area contributed by atoms with E-state index in [0.717, 1.165) is 19.4 Å². The van der Waals surface area contributed by atoms with E-state index >= 15 is 0 Å². The number of nitrogens with zero attached hydrogens (tertiary/aromatic N) is 3. The van der Waals surface area contributed by atoms with E-state index in [-0.39, 0.29) is 6.61 Å². The molecule has 2 rings (SSSR count). The van der Waals surface area contributed by atoms with Crippen LogP contribution < -0.4 is 4.90 Å². The summed E-state index contributed by atoms with van der Waals surface area (Å²) in [6.45, 7) is 0.886. The van der Waals surface area contributed by atoms with Gasteiger partial charge in [-0.1, -0.05) is 0 Å². The lowest BCUT2D eigenvalue weighted by Gasteiger charge is -2.37. The Labute approximate surface area is 94.1 Å². The van der Waals surface area contributed by atoms with Crippen molar-refractivity contribution in [2.75, 3.05) is 18.1 Å². The number of hydrogen-bond acceptors (Lipinski definition) is 4. The lowest BCUT2D eigenvalue weighted by Crippen LogP contribution is -2.42. The third-order valence-electron chi connectivity index (χ3n) is 2.94. The predicted octanol–water partition coefficient (Wildman–Crippen LogP) is 1.36. The molecule has 1 aromatic rings. The number of aromatic nitrogens is 2. The molecule has 0 radical (unpaired) electrons. The molecule has 16 heavy (non-hydrogen) atoms.